The van der Waals surface area contributed by atoms with Gasteiger partial charge >= 0.3 is 0 Å². The van der Waals surface area contributed by atoms with Crippen LogP contribution in [-0.2, 0) is 9.53 Å². The van der Waals surface area contributed by atoms with Crippen molar-refractivity contribution in [3.63, 3.8) is 0 Å². The summed E-state index contributed by atoms with van der Waals surface area (Å²) in [4.78, 5) is 15.1. The van der Waals surface area contributed by atoms with E-state index < -0.39 is 0 Å². The normalized spacial score (nSPS) is 30.8. The summed E-state index contributed by atoms with van der Waals surface area (Å²) in [6.07, 6.45) is 2.79. The van der Waals surface area contributed by atoms with Crippen molar-refractivity contribution in [2.24, 2.45) is 17.6 Å². The van der Waals surface area contributed by atoms with E-state index in [1.165, 1.54) is 0 Å². The van der Waals surface area contributed by atoms with Crippen LogP contribution in [0.3, 0.4) is 0 Å². The maximum atomic E-state index is 13.1. The predicted molar refractivity (Wildman–Crippen MR) is 93.4 cm³/mol. The third-order valence-electron chi connectivity index (χ3n) is 5.05. The summed E-state index contributed by atoms with van der Waals surface area (Å²) in [7, 11) is 0. The van der Waals surface area contributed by atoms with E-state index in [9.17, 15) is 4.79 Å². The molecule has 1 aromatic carbocycles. The Morgan fingerprint density at radius 2 is 2.09 bits per heavy atom. The molecule has 4 unspecified atom stereocenters. The fourth-order valence-corrected chi connectivity index (χ4v) is 3.84. The minimum Gasteiger partial charge on any atom is -0.373 e. The number of halogens is 1. The number of ether oxygens (including phenoxy) is 1. The van der Waals surface area contributed by atoms with Crippen molar-refractivity contribution in [2.75, 3.05) is 19.7 Å². The van der Waals surface area contributed by atoms with Crippen LogP contribution in [0, 0.1) is 11.8 Å². The molecule has 1 aromatic rings. The van der Waals surface area contributed by atoms with Gasteiger partial charge in [0, 0.05) is 19.2 Å². The minimum atomic E-state index is -0.105. The largest absolute Gasteiger partial charge is 0.373 e. The summed E-state index contributed by atoms with van der Waals surface area (Å²) in [5, 5.41) is 0. The van der Waals surface area contributed by atoms with E-state index in [0.717, 1.165) is 38.0 Å². The summed E-state index contributed by atoms with van der Waals surface area (Å²) in [6.45, 7) is 4.34. The van der Waals surface area contributed by atoms with E-state index in [1.807, 2.05) is 23.1 Å². The molecule has 2 saturated heterocycles. The number of nitrogens with two attached hydrogens (primary N) is 1. The number of likely N-dealkylation sites (tertiary alicyclic amines) is 1. The molecule has 0 spiro atoms. The van der Waals surface area contributed by atoms with Crippen LogP contribution in [0.25, 0.3) is 0 Å². The summed E-state index contributed by atoms with van der Waals surface area (Å²) in [5.74, 6) is 0.630. The van der Waals surface area contributed by atoms with Gasteiger partial charge in [-0.15, -0.1) is 12.4 Å². The lowest BCUT2D eigenvalue weighted by atomic mass is 9.88. The van der Waals surface area contributed by atoms with Crippen LogP contribution in [0.15, 0.2) is 30.3 Å². The third kappa shape index (κ3) is 3.87. The molecule has 2 heterocycles. The zero-order valence-electron chi connectivity index (χ0n) is 13.7. The number of hydrogen-bond acceptors (Lipinski definition) is 3. The Bertz CT molecular complexity index is 511. The van der Waals surface area contributed by atoms with Gasteiger partial charge in [-0.05, 0) is 44.2 Å². The van der Waals surface area contributed by atoms with Gasteiger partial charge in [0.1, 0.15) is 0 Å². The van der Waals surface area contributed by atoms with E-state index in [4.69, 9.17) is 10.5 Å². The molecule has 0 aliphatic carbocycles. The third-order valence-corrected chi connectivity index (χ3v) is 5.05. The average Bonchev–Trinajstić information content (AvgIpc) is 2.96. The van der Waals surface area contributed by atoms with E-state index >= 15 is 0 Å². The lowest BCUT2D eigenvalue weighted by molar-refractivity contribution is -0.146. The van der Waals surface area contributed by atoms with E-state index in [2.05, 4.69) is 19.1 Å². The first-order valence-electron chi connectivity index (χ1n) is 8.37. The second kappa shape index (κ2) is 8.13. The molecule has 0 saturated carbocycles. The van der Waals surface area contributed by atoms with Gasteiger partial charge in [0.25, 0.3) is 0 Å². The topological polar surface area (TPSA) is 55.6 Å². The maximum absolute atomic E-state index is 13.1. The average molecular weight is 339 g/mol. The summed E-state index contributed by atoms with van der Waals surface area (Å²) in [5.41, 5.74) is 6.91. The highest BCUT2D eigenvalue weighted by Crippen LogP contribution is 2.36. The molecule has 0 bridgehead atoms. The Balaban J connectivity index is 0.00000192. The molecule has 2 N–H and O–H groups in total. The van der Waals surface area contributed by atoms with Crippen molar-refractivity contribution in [3.05, 3.63) is 35.9 Å². The first kappa shape index (κ1) is 18.2. The maximum Gasteiger partial charge on any atom is 0.228 e. The number of nitrogens with zero attached hydrogens (tertiary/aromatic N) is 1. The Kier molecular flexibility index (Phi) is 6.45. The van der Waals surface area contributed by atoms with Gasteiger partial charge in [-0.3, -0.25) is 4.79 Å². The summed E-state index contributed by atoms with van der Waals surface area (Å²) < 4.78 is 5.97. The molecule has 4 nitrogen and oxygen atoms in total. The zero-order chi connectivity index (χ0) is 15.5. The second-order valence-electron chi connectivity index (χ2n) is 6.63. The van der Waals surface area contributed by atoms with Crippen LogP contribution >= 0.6 is 12.4 Å². The fraction of sp³-hybridized carbons (Fsp3) is 0.611. The Hall–Kier alpha value is -1.10. The van der Waals surface area contributed by atoms with Crippen LogP contribution in [-0.4, -0.2) is 36.5 Å². The molecule has 4 atom stereocenters. The molecule has 0 radical (unpaired) electrons. The molecule has 23 heavy (non-hydrogen) atoms. The van der Waals surface area contributed by atoms with Crippen LogP contribution in [0.1, 0.15) is 37.9 Å². The van der Waals surface area contributed by atoms with Gasteiger partial charge in [0.2, 0.25) is 5.91 Å². The highest BCUT2D eigenvalue weighted by Gasteiger charge is 2.40. The van der Waals surface area contributed by atoms with Crippen molar-refractivity contribution in [2.45, 2.75) is 38.3 Å². The van der Waals surface area contributed by atoms with Gasteiger partial charge in [-0.25, -0.2) is 0 Å². The molecular weight excluding hydrogens is 312 g/mol. The van der Waals surface area contributed by atoms with Crippen molar-refractivity contribution in [1.82, 2.24) is 4.90 Å². The fourth-order valence-electron chi connectivity index (χ4n) is 3.84. The standard InChI is InChI=1S/C18H26N2O2.ClH/c1-13-10-14(11-19)12-20(13)18(21)16-8-5-9-22-17(16)15-6-3-2-4-7-15;/h2-4,6-7,13-14,16-17H,5,8-12,19H2,1H3;1H. The number of carbonyl (C=O) groups is 1. The molecule has 128 valence electrons. The molecule has 2 aliphatic heterocycles. The number of carbonyl (C=O) groups excluding carboxylic acids is 1. The van der Waals surface area contributed by atoms with E-state index in [1.54, 1.807) is 0 Å². The lowest BCUT2D eigenvalue weighted by Gasteiger charge is -2.35. The van der Waals surface area contributed by atoms with Gasteiger partial charge in [0.15, 0.2) is 0 Å². The molecule has 0 aromatic heterocycles. The highest BCUT2D eigenvalue weighted by molar-refractivity contribution is 5.85. The van der Waals surface area contributed by atoms with Crippen LogP contribution in [0.4, 0.5) is 0 Å². The van der Waals surface area contributed by atoms with Gasteiger partial charge in [-0.1, -0.05) is 30.3 Å². The quantitative estimate of drug-likeness (QED) is 0.922. The van der Waals surface area contributed by atoms with Crippen molar-refractivity contribution < 1.29 is 9.53 Å². The van der Waals surface area contributed by atoms with Crippen molar-refractivity contribution in [1.29, 1.82) is 0 Å². The Labute approximate surface area is 144 Å². The molecule has 1 amide bonds. The van der Waals surface area contributed by atoms with Crippen LogP contribution < -0.4 is 5.73 Å². The summed E-state index contributed by atoms with van der Waals surface area (Å²) >= 11 is 0. The van der Waals surface area contributed by atoms with E-state index in [0.29, 0.717) is 18.5 Å². The first-order valence-corrected chi connectivity index (χ1v) is 8.37. The Morgan fingerprint density at radius 3 is 2.74 bits per heavy atom. The number of rotatable bonds is 3. The lowest BCUT2D eigenvalue weighted by Crippen LogP contribution is -2.42. The van der Waals surface area contributed by atoms with E-state index in [-0.39, 0.29) is 30.3 Å². The van der Waals surface area contributed by atoms with Gasteiger partial charge in [-0.2, -0.15) is 0 Å². The van der Waals surface area contributed by atoms with Gasteiger partial charge < -0.3 is 15.4 Å². The second-order valence-corrected chi connectivity index (χ2v) is 6.63. The monoisotopic (exact) mass is 338 g/mol. The van der Waals surface area contributed by atoms with Gasteiger partial charge in [0.05, 0.1) is 12.0 Å². The highest BCUT2D eigenvalue weighted by atomic mass is 35.5. The van der Waals surface area contributed by atoms with Crippen LogP contribution in [0.2, 0.25) is 0 Å². The van der Waals surface area contributed by atoms with Crippen molar-refractivity contribution in [3.8, 4) is 0 Å². The number of hydrogen-bond donors (Lipinski definition) is 1. The predicted octanol–water partition coefficient (Wildman–Crippen LogP) is 2.77. The number of amides is 1. The first-order chi connectivity index (χ1) is 10.7. The molecule has 2 aliphatic rings. The Morgan fingerprint density at radius 1 is 1.35 bits per heavy atom. The SMILES string of the molecule is CC1CC(CN)CN1C(=O)C1CCCOC1c1ccccc1.Cl. The molecular formula is C18H27ClN2O2. The molecule has 2 fully saturated rings. The van der Waals surface area contributed by atoms with Crippen LogP contribution in [0.5, 0.6) is 0 Å². The summed E-state index contributed by atoms with van der Waals surface area (Å²) in [6, 6.07) is 10.4. The minimum absolute atomic E-state index is 0. The molecule has 5 heteroatoms. The zero-order valence-corrected chi connectivity index (χ0v) is 14.5. The smallest absolute Gasteiger partial charge is 0.228 e. The van der Waals surface area contributed by atoms with Crippen molar-refractivity contribution >= 4 is 18.3 Å². The number of benzene rings is 1. The molecule has 3 rings (SSSR count).